The molecule has 3 rings (SSSR count). The van der Waals surface area contributed by atoms with Crippen molar-refractivity contribution in [1.82, 2.24) is 10.2 Å². The number of aliphatic imine (C=N–C) groups is 1. The molecule has 140 valence electrons. The number of nitrogens with one attached hydrogen (secondary N) is 1. The zero-order valence-electron chi connectivity index (χ0n) is 14.6. The molecule has 0 fully saturated rings. The summed E-state index contributed by atoms with van der Waals surface area (Å²) in [4.78, 5) is 18.8. The van der Waals surface area contributed by atoms with Crippen LogP contribution in [0.2, 0.25) is 0 Å². The number of nitrogens with zero attached hydrogens (tertiary/aromatic N) is 2. The second-order valence-corrected chi connectivity index (χ2v) is 7.50. The Bertz CT molecular complexity index is 756. The van der Waals surface area contributed by atoms with E-state index in [0.717, 1.165) is 29.8 Å². The van der Waals surface area contributed by atoms with Crippen molar-refractivity contribution >= 4 is 23.4 Å². The van der Waals surface area contributed by atoms with E-state index in [1.165, 1.54) is 12.1 Å². The number of amidine groups is 1. The zero-order chi connectivity index (χ0) is 18.9. The smallest absolute Gasteiger partial charge is 0.347 e. The normalized spacial score (nSPS) is 21.6. The predicted molar refractivity (Wildman–Crippen MR) is 96.1 cm³/mol. The quantitative estimate of drug-likeness (QED) is 0.804. The van der Waals surface area contributed by atoms with Crippen molar-refractivity contribution in [2.75, 3.05) is 20.1 Å². The van der Waals surface area contributed by atoms with Crippen LogP contribution in [0.5, 0.6) is 0 Å². The average Bonchev–Trinajstić information content (AvgIpc) is 2.60. The van der Waals surface area contributed by atoms with Gasteiger partial charge >= 0.3 is 5.51 Å². The number of alkyl halides is 3. The fourth-order valence-corrected chi connectivity index (χ4v) is 3.82. The number of hydrogen-bond donors (Lipinski definition) is 1. The predicted octanol–water partition coefficient (Wildman–Crippen LogP) is 3.91. The lowest BCUT2D eigenvalue weighted by Gasteiger charge is -2.37. The van der Waals surface area contributed by atoms with Gasteiger partial charge in [-0.3, -0.25) is 14.7 Å². The van der Waals surface area contributed by atoms with Crippen LogP contribution in [0.4, 0.5) is 13.2 Å². The van der Waals surface area contributed by atoms with Crippen molar-refractivity contribution in [2.45, 2.75) is 36.2 Å². The highest BCUT2D eigenvalue weighted by Crippen LogP contribution is 2.37. The average molecular weight is 383 g/mol. The van der Waals surface area contributed by atoms with Gasteiger partial charge in [0.1, 0.15) is 5.84 Å². The molecule has 0 saturated carbocycles. The number of carbonyl (C=O) groups is 1. The third-order valence-corrected chi connectivity index (χ3v) is 5.49. The first kappa shape index (κ1) is 19.0. The number of Topliss-reactive ketones (excluding diaryl/α,β-unsaturated/α-hetero) is 1. The minimum Gasteiger partial charge on any atom is -0.347 e. The first-order chi connectivity index (χ1) is 12.3. The lowest BCUT2D eigenvalue weighted by Crippen LogP contribution is -2.43. The molecule has 4 nitrogen and oxygen atoms in total. The number of hydrogen-bond acceptors (Lipinski definition) is 4. The van der Waals surface area contributed by atoms with Crippen molar-refractivity contribution in [3.63, 3.8) is 0 Å². The summed E-state index contributed by atoms with van der Waals surface area (Å²) < 4.78 is 37.3. The summed E-state index contributed by atoms with van der Waals surface area (Å²) in [5.74, 6) is 0.793. The maximum atomic E-state index is 12.4. The van der Waals surface area contributed by atoms with Crippen LogP contribution in [0.3, 0.4) is 0 Å². The molecule has 1 aromatic carbocycles. The molecule has 2 aliphatic rings. The SMILES string of the molecule is CN=C1CC(=O)C2=C(CCN(C(C)c3ccc(SC(F)(F)F)cc3)C2)N1. The fourth-order valence-electron chi connectivity index (χ4n) is 3.28. The second-order valence-electron chi connectivity index (χ2n) is 6.37. The molecule has 0 spiro atoms. The van der Waals surface area contributed by atoms with Crippen LogP contribution in [-0.4, -0.2) is 42.2 Å². The molecule has 0 bridgehead atoms. The minimum atomic E-state index is -4.28. The molecule has 1 aromatic rings. The standard InChI is InChI=1S/C18H20F3N3OS/c1-11(12-3-5-13(6-4-12)26-18(19,20)21)24-8-7-15-14(10-24)16(25)9-17(22-2)23-15/h3-6,11H,7-10H2,1-2H3,(H,22,23). The van der Waals surface area contributed by atoms with Gasteiger partial charge in [0.2, 0.25) is 0 Å². The molecule has 1 unspecified atom stereocenters. The number of benzene rings is 1. The second kappa shape index (κ2) is 7.44. The van der Waals surface area contributed by atoms with E-state index >= 15 is 0 Å². The van der Waals surface area contributed by atoms with E-state index in [0.29, 0.717) is 18.8 Å². The Morgan fingerprint density at radius 2 is 1.96 bits per heavy atom. The van der Waals surface area contributed by atoms with Crippen LogP contribution >= 0.6 is 11.8 Å². The third kappa shape index (κ3) is 4.29. The summed E-state index contributed by atoms with van der Waals surface area (Å²) in [6.45, 7) is 3.33. The molecule has 1 N–H and O–H groups in total. The van der Waals surface area contributed by atoms with Crippen LogP contribution in [0, 0.1) is 0 Å². The molecule has 8 heteroatoms. The maximum Gasteiger partial charge on any atom is 0.446 e. The van der Waals surface area contributed by atoms with E-state index in [9.17, 15) is 18.0 Å². The first-order valence-corrected chi connectivity index (χ1v) is 9.16. The van der Waals surface area contributed by atoms with E-state index < -0.39 is 5.51 Å². The molecule has 0 aliphatic carbocycles. The number of rotatable bonds is 3. The molecule has 1 atom stereocenters. The van der Waals surface area contributed by atoms with Crippen LogP contribution < -0.4 is 5.32 Å². The lowest BCUT2D eigenvalue weighted by atomic mass is 9.94. The molecule has 2 aliphatic heterocycles. The highest BCUT2D eigenvalue weighted by molar-refractivity contribution is 8.00. The molecule has 0 aromatic heterocycles. The molecule has 26 heavy (non-hydrogen) atoms. The van der Waals surface area contributed by atoms with Gasteiger partial charge in [0.15, 0.2) is 5.78 Å². The highest BCUT2D eigenvalue weighted by atomic mass is 32.2. The summed E-state index contributed by atoms with van der Waals surface area (Å²) in [6.07, 6.45) is 1.02. The van der Waals surface area contributed by atoms with Gasteiger partial charge in [-0.05, 0) is 36.4 Å². The van der Waals surface area contributed by atoms with Gasteiger partial charge < -0.3 is 5.32 Å². The van der Waals surface area contributed by atoms with Gasteiger partial charge in [-0.25, -0.2) is 0 Å². The number of ketones is 1. The van der Waals surface area contributed by atoms with Gasteiger partial charge in [0.05, 0.1) is 6.42 Å². The minimum absolute atomic E-state index is 0.0167. The number of carbonyl (C=O) groups excluding carboxylic acids is 1. The summed E-state index contributed by atoms with van der Waals surface area (Å²) in [5.41, 5.74) is -1.60. The van der Waals surface area contributed by atoms with Gasteiger partial charge in [-0.1, -0.05) is 12.1 Å². The lowest BCUT2D eigenvalue weighted by molar-refractivity contribution is -0.115. The molecule has 0 amide bonds. The van der Waals surface area contributed by atoms with E-state index in [1.807, 2.05) is 6.92 Å². The van der Waals surface area contributed by atoms with Crippen LogP contribution in [0.1, 0.15) is 31.4 Å². The van der Waals surface area contributed by atoms with Crippen LogP contribution in [-0.2, 0) is 4.79 Å². The zero-order valence-corrected chi connectivity index (χ0v) is 15.4. The number of halogens is 3. The van der Waals surface area contributed by atoms with Gasteiger partial charge in [-0.2, -0.15) is 13.2 Å². The van der Waals surface area contributed by atoms with Crippen molar-refractivity contribution in [1.29, 1.82) is 0 Å². The van der Waals surface area contributed by atoms with E-state index in [2.05, 4.69) is 15.2 Å². The maximum absolute atomic E-state index is 12.4. The first-order valence-electron chi connectivity index (χ1n) is 8.34. The largest absolute Gasteiger partial charge is 0.446 e. The number of thioether (sulfide) groups is 1. The summed E-state index contributed by atoms with van der Waals surface area (Å²) in [5, 5.41) is 3.24. The molecular weight excluding hydrogens is 363 g/mol. The van der Waals surface area contributed by atoms with Crippen molar-refractivity contribution in [3.8, 4) is 0 Å². The van der Waals surface area contributed by atoms with Gasteiger partial charge in [0, 0.05) is 48.8 Å². The van der Waals surface area contributed by atoms with Crippen LogP contribution in [0.15, 0.2) is 45.4 Å². The molecular formula is C18H20F3N3OS. The van der Waals surface area contributed by atoms with Crippen molar-refractivity contribution < 1.29 is 18.0 Å². The Morgan fingerprint density at radius 3 is 2.58 bits per heavy atom. The van der Waals surface area contributed by atoms with Gasteiger partial charge in [0.25, 0.3) is 0 Å². The van der Waals surface area contributed by atoms with Crippen molar-refractivity contribution in [3.05, 3.63) is 41.1 Å². The Labute approximate surface area is 154 Å². The monoisotopic (exact) mass is 383 g/mol. The Morgan fingerprint density at radius 1 is 1.27 bits per heavy atom. The van der Waals surface area contributed by atoms with E-state index in [4.69, 9.17) is 0 Å². The van der Waals surface area contributed by atoms with E-state index in [-0.39, 0.29) is 28.5 Å². The Hall–Kier alpha value is -1.80. The highest BCUT2D eigenvalue weighted by Gasteiger charge is 2.32. The summed E-state index contributed by atoms with van der Waals surface area (Å²) >= 11 is -0.111. The topological polar surface area (TPSA) is 44.7 Å². The van der Waals surface area contributed by atoms with E-state index in [1.54, 1.807) is 19.2 Å². The summed E-state index contributed by atoms with van der Waals surface area (Å²) in [6, 6.07) is 6.46. The Kier molecular flexibility index (Phi) is 5.43. The fraction of sp³-hybridized carbons (Fsp3) is 0.444. The molecule has 2 heterocycles. The molecule has 0 radical (unpaired) electrons. The third-order valence-electron chi connectivity index (χ3n) is 4.75. The van der Waals surface area contributed by atoms with Crippen LogP contribution in [0.25, 0.3) is 0 Å². The summed E-state index contributed by atoms with van der Waals surface area (Å²) in [7, 11) is 1.67. The van der Waals surface area contributed by atoms with Gasteiger partial charge in [-0.15, -0.1) is 0 Å². The van der Waals surface area contributed by atoms with Crippen molar-refractivity contribution in [2.24, 2.45) is 4.99 Å². The Balaban J connectivity index is 1.71. The molecule has 0 saturated heterocycles.